The number of hydrogen-bond acceptors (Lipinski definition) is 4. The molecule has 5 heteroatoms. The molecule has 0 bridgehead atoms. The molecule has 3 aliphatic rings. The number of benzene rings is 2. The minimum absolute atomic E-state index is 0.183. The Bertz CT molecular complexity index is 1260. The molecule has 0 N–H and O–H groups in total. The number of aromatic nitrogens is 1. The molecule has 1 unspecified atom stereocenters. The van der Waals surface area contributed by atoms with Crippen LogP contribution in [0.3, 0.4) is 0 Å². The Kier molecular flexibility index (Phi) is 5.58. The lowest BCUT2D eigenvalue weighted by atomic mass is 9.99. The molecule has 174 valence electrons. The van der Waals surface area contributed by atoms with Gasteiger partial charge in [-0.05, 0) is 86.2 Å². The molecule has 34 heavy (non-hydrogen) atoms. The minimum Gasteiger partial charge on any atom is -0.497 e. The summed E-state index contributed by atoms with van der Waals surface area (Å²) in [4.78, 5) is 23.7. The van der Waals surface area contributed by atoms with Gasteiger partial charge in [-0.1, -0.05) is 30.3 Å². The smallest absolute Gasteiger partial charge is 0.254 e. The monoisotopic (exact) mass is 453 g/mol. The van der Waals surface area contributed by atoms with Gasteiger partial charge in [0.2, 0.25) is 0 Å². The molecule has 2 aliphatic heterocycles. The van der Waals surface area contributed by atoms with Crippen LogP contribution in [0.5, 0.6) is 5.75 Å². The SMILES string of the molecule is COc1ccc(/C=C2/CCc3c2nc2ccccc2c3C(=O)N2CCC(N3CCCC3)C2)cc1. The van der Waals surface area contributed by atoms with Gasteiger partial charge in [-0.2, -0.15) is 0 Å². The van der Waals surface area contributed by atoms with Crippen molar-refractivity contribution in [1.29, 1.82) is 0 Å². The van der Waals surface area contributed by atoms with Crippen LogP contribution >= 0.6 is 0 Å². The standard InChI is InChI=1S/C29H31N3O2/c1-34-23-11-8-20(9-12-23)18-21-10-13-25-27(24-6-2-3-7-26(24)30-28(21)25)29(33)32-17-14-22(19-32)31-15-4-5-16-31/h2-3,6-9,11-12,18,22H,4-5,10,13-17,19H2,1H3/b21-18-. The fourth-order valence-electron chi connectivity index (χ4n) is 5.91. The summed E-state index contributed by atoms with van der Waals surface area (Å²) >= 11 is 0. The van der Waals surface area contributed by atoms with E-state index in [1.807, 2.05) is 30.3 Å². The van der Waals surface area contributed by atoms with Crippen molar-refractivity contribution >= 4 is 28.5 Å². The number of fused-ring (bicyclic) bond motifs is 2. The van der Waals surface area contributed by atoms with E-state index in [9.17, 15) is 4.79 Å². The topological polar surface area (TPSA) is 45.7 Å². The number of carbonyl (C=O) groups is 1. The van der Waals surface area contributed by atoms with Crippen LogP contribution in [0.2, 0.25) is 0 Å². The number of ether oxygens (including phenoxy) is 1. The van der Waals surface area contributed by atoms with Crippen LogP contribution in [-0.2, 0) is 6.42 Å². The number of allylic oxidation sites excluding steroid dienone is 1. The molecular formula is C29H31N3O2. The van der Waals surface area contributed by atoms with E-state index in [2.05, 4.69) is 34.1 Å². The Morgan fingerprint density at radius 1 is 1.03 bits per heavy atom. The zero-order chi connectivity index (χ0) is 23.1. The number of hydrogen-bond donors (Lipinski definition) is 0. The summed E-state index contributed by atoms with van der Waals surface area (Å²) in [6, 6.07) is 16.7. The van der Waals surface area contributed by atoms with E-state index in [4.69, 9.17) is 9.72 Å². The summed E-state index contributed by atoms with van der Waals surface area (Å²) in [5.74, 6) is 1.03. The quantitative estimate of drug-likeness (QED) is 0.555. The lowest BCUT2D eigenvalue weighted by molar-refractivity contribution is 0.0781. The fourth-order valence-corrected chi connectivity index (χ4v) is 5.91. The van der Waals surface area contributed by atoms with Gasteiger partial charge in [0.25, 0.3) is 5.91 Å². The lowest BCUT2D eigenvalue weighted by Crippen LogP contribution is -2.37. The molecule has 0 spiro atoms. The van der Waals surface area contributed by atoms with Gasteiger partial charge in [-0.3, -0.25) is 9.69 Å². The Morgan fingerprint density at radius 3 is 2.62 bits per heavy atom. The largest absolute Gasteiger partial charge is 0.497 e. The van der Waals surface area contributed by atoms with Gasteiger partial charge >= 0.3 is 0 Å². The highest BCUT2D eigenvalue weighted by Gasteiger charge is 2.35. The molecule has 3 heterocycles. The van der Waals surface area contributed by atoms with E-state index in [0.717, 1.165) is 71.4 Å². The van der Waals surface area contributed by atoms with Crippen LogP contribution < -0.4 is 4.74 Å². The van der Waals surface area contributed by atoms with Crippen molar-refractivity contribution in [1.82, 2.24) is 14.8 Å². The molecule has 2 saturated heterocycles. The van der Waals surface area contributed by atoms with E-state index in [1.165, 1.54) is 31.5 Å². The average molecular weight is 454 g/mol. The summed E-state index contributed by atoms with van der Waals surface area (Å²) in [5.41, 5.74) is 6.22. The maximum atomic E-state index is 14.0. The van der Waals surface area contributed by atoms with E-state index in [-0.39, 0.29) is 5.91 Å². The highest BCUT2D eigenvalue weighted by atomic mass is 16.5. The summed E-state index contributed by atoms with van der Waals surface area (Å²) < 4.78 is 5.30. The van der Waals surface area contributed by atoms with Crippen molar-refractivity contribution < 1.29 is 9.53 Å². The number of pyridine rings is 1. The summed E-state index contributed by atoms with van der Waals surface area (Å²) in [7, 11) is 1.68. The van der Waals surface area contributed by atoms with E-state index >= 15 is 0 Å². The van der Waals surface area contributed by atoms with Crippen molar-refractivity contribution in [2.75, 3.05) is 33.3 Å². The molecule has 5 nitrogen and oxygen atoms in total. The first kappa shape index (κ1) is 21.4. The maximum Gasteiger partial charge on any atom is 0.254 e. The number of nitrogens with zero attached hydrogens (tertiary/aromatic N) is 3. The molecule has 1 aliphatic carbocycles. The van der Waals surface area contributed by atoms with Crippen molar-refractivity contribution in [3.05, 3.63) is 70.9 Å². The van der Waals surface area contributed by atoms with Gasteiger partial charge in [0.05, 0.1) is 23.9 Å². The third-order valence-corrected chi connectivity index (χ3v) is 7.72. The second-order valence-corrected chi connectivity index (χ2v) is 9.71. The van der Waals surface area contributed by atoms with E-state index in [0.29, 0.717) is 6.04 Å². The van der Waals surface area contributed by atoms with Crippen LogP contribution in [0.4, 0.5) is 0 Å². The van der Waals surface area contributed by atoms with Gasteiger partial charge in [-0.15, -0.1) is 0 Å². The first-order chi connectivity index (χ1) is 16.7. The number of methoxy groups -OCH3 is 1. The first-order valence-electron chi connectivity index (χ1n) is 12.5. The maximum absolute atomic E-state index is 14.0. The molecule has 1 aromatic heterocycles. The van der Waals surface area contributed by atoms with Gasteiger partial charge < -0.3 is 9.64 Å². The molecular weight excluding hydrogens is 422 g/mol. The highest BCUT2D eigenvalue weighted by molar-refractivity contribution is 6.09. The Morgan fingerprint density at radius 2 is 1.82 bits per heavy atom. The zero-order valence-corrected chi connectivity index (χ0v) is 19.8. The van der Waals surface area contributed by atoms with Gasteiger partial charge in [0.1, 0.15) is 5.75 Å². The van der Waals surface area contributed by atoms with Crippen molar-refractivity contribution in [2.24, 2.45) is 0 Å². The molecule has 2 aromatic carbocycles. The van der Waals surface area contributed by atoms with Crippen molar-refractivity contribution in [3.8, 4) is 5.75 Å². The molecule has 1 amide bonds. The van der Waals surface area contributed by atoms with Crippen molar-refractivity contribution in [3.63, 3.8) is 0 Å². The molecule has 2 fully saturated rings. The molecule has 1 atom stereocenters. The summed E-state index contributed by atoms with van der Waals surface area (Å²) in [5, 5.41) is 0.988. The number of likely N-dealkylation sites (tertiary alicyclic amines) is 2. The number of carbonyl (C=O) groups excluding carboxylic acids is 1. The second kappa shape index (κ2) is 8.88. The van der Waals surface area contributed by atoms with Crippen LogP contribution in [0.1, 0.15) is 52.9 Å². The minimum atomic E-state index is 0.183. The lowest BCUT2D eigenvalue weighted by Gasteiger charge is -2.24. The highest BCUT2D eigenvalue weighted by Crippen LogP contribution is 2.38. The van der Waals surface area contributed by atoms with Gasteiger partial charge in [0, 0.05) is 24.5 Å². The predicted molar refractivity (Wildman–Crippen MR) is 136 cm³/mol. The van der Waals surface area contributed by atoms with Gasteiger partial charge in [0.15, 0.2) is 0 Å². The zero-order valence-electron chi connectivity index (χ0n) is 19.8. The van der Waals surface area contributed by atoms with Crippen LogP contribution in [0.15, 0.2) is 48.5 Å². The Balaban J connectivity index is 1.37. The molecule has 6 rings (SSSR count). The van der Waals surface area contributed by atoms with Crippen LogP contribution in [0.25, 0.3) is 22.6 Å². The van der Waals surface area contributed by atoms with Crippen LogP contribution in [0, 0.1) is 0 Å². The number of amides is 1. The van der Waals surface area contributed by atoms with E-state index < -0.39 is 0 Å². The number of para-hydroxylation sites is 1. The van der Waals surface area contributed by atoms with Crippen LogP contribution in [-0.4, -0.2) is 60.0 Å². The van der Waals surface area contributed by atoms with Gasteiger partial charge in [-0.25, -0.2) is 4.98 Å². The normalized spacial score (nSPS) is 21.5. The summed E-state index contributed by atoms with van der Waals surface area (Å²) in [6.45, 7) is 4.05. The average Bonchev–Trinajstić information content (AvgIpc) is 3.64. The Hall–Kier alpha value is -3.18. The summed E-state index contributed by atoms with van der Waals surface area (Å²) in [6.07, 6.45) is 7.63. The van der Waals surface area contributed by atoms with Crippen molar-refractivity contribution in [2.45, 2.75) is 38.1 Å². The predicted octanol–water partition coefficient (Wildman–Crippen LogP) is 5.04. The molecule has 3 aromatic rings. The van der Waals surface area contributed by atoms with E-state index in [1.54, 1.807) is 7.11 Å². The third-order valence-electron chi connectivity index (χ3n) is 7.72. The molecule has 0 radical (unpaired) electrons. The fraction of sp³-hybridized carbons (Fsp3) is 0.379. The molecule has 0 saturated carbocycles. The number of rotatable bonds is 4. The first-order valence-corrected chi connectivity index (χ1v) is 12.5. The Labute approximate surface area is 201 Å². The third kappa shape index (κ3) is 3.78. The second-order valence-electron chi connectivity index (χ2n) is 9.71.